The molecule has 10 nitrogen and oxygen atoms in total. The lowest BCUT2D eigenvalue weighted by Crippen LogP contribution is -2.49. The molecule has 12 heteroatoms. The molecule has 0 radical (unpaired) electrons. The lowest BCUT2D eigenvalue weighted by atomic mass is 9.98. The molecular weight excluding hydrogens is 685 g/mol. The summed E-state index contributed by atoms with van der Waals surface area (Å²) in [4.78, 5) is 54.7. The van der Waals surface area contributed by atoms with Gasteiger partial charge in [0.15, 0.2) is 0 Å². The molecule has 0 bridgehead atoms. The van der Waals surface area contributed by atoms with Crippen molar-refractivity contribution in [3.63, 3.8) is 0 Å². The number of nitrogens with one attached hydrogen (secondary N) is 4. The SMILES string of the molecule is NC(=O)C(Cc1c[nH]c2ccccc12)NC(=O)C(CCCc1ccccc1)CP(=O)(O)C(Cc1ccccc1)NC(=O)CNc1cccc(Cl)c1. The maximum atomic E-state index is 14.4. The number of aromatic amines is 1. The third kappa shape index (κ3) is 11.0. The summed E-state index contributed by atoms with van der Waals surface area (Å²) in [5.41, 5.74) is 9.92. The van der Waals surface area contributed by atoms with Crippen molar-refractivity contribution in [2.75, 3.05) is 18.0 Å². The fraction of sp³-hybridized carbons (Fsp3) is 0.256. The van der Waals surface area contributed by atoms with Gasteiger partial charge in [0.25, 0.3) is 0 Å². The van der Waals surface area contributed by atoms with Gasteiger partial charge in [-0.05, 0) is 60.2 Å². The second-order valence-corrected chi connectivity index (χ2v) is 15.6. The van der Waals surface area contributed by atoms with Crippen LogP contribution in [0.3, 0.4) is 0 Å². The number of para-hydroxylation sites is 1. The number of primary amides is 1. The Morgan fingerprint density at radius 1 is 0.843 bits per heavy atom. The predicted molar refractivity (Wildman–Crippen MR) is 203 cm³/mol. The molecule has 4 aromatic carbocycles. The first-order valence-electron chi connectivity index (χ1n) is 16.9. The molecule has 0 aliphatic carbocycles. The highest BCUT2D eigenvalue weighted by molar-refractivity contribution is 7.58. The van der Waals surface area contributed by atoms with Crippen LogP contribution in [0, 0.1) is 5.92 Å². The molecule has 0 saturated carbocycles. The molecule has 51 heavy (non-hydrogen) atoms. The smallest absolute Gasteiger partial charge is 0.240 e. The number of halogens is 1. The minimum atomic E-state index is -4.27. The third-order valence-electron chi connectivity index (χ3n) is 8.84. The molecule has 0 fully saturated rings. The second kappa shape index (κ2) is 17.9. The number of hydrogen-bond acceptors (Lipinski definition) is 5. The first kappa shape index (κ1) is 37.4. The number of carbonyl (C=O) groups excluding carboxylic acids is 3. The highest BCUT2D eigenvalue weighted by Gasteiger charge is 2.38. The molecule has 1 aromatic heterocycles. The van der Waals surface area contributed by atoms with Crippen LogP contribution in [-0.2, 0) is 38.2 Å². The van der Waals surface area contributed by atoms with E-state index in [-0.39, 0.29) is 25.8 Å². The Hall–Kier alpha value is -4.89. The van der Waals surface area contributed by atoms with Crippen molar-refractivity contribution in [1.29, 1.82) is 0 Å². The summed E-state index contributed by atoms with van der Waals surface area (Å²) in [6, 6.07) is 32.3. The summed E-state index contributed by atoms with van der Waals surface area (Å²) in [5.74, 6) is -3.90. The van der Waals surface area contributed by atoms with Gasteiger partial charge in [-0.2, -0.15) is 0 Å². The van der Waals surface area contributed by atoms with Crippen molar-refractivity contribution in [1.82, 2.24) is 15.6 Å². The molecule has 4 atom stereocenters. The van der Waals surface area contributed by atoms with E-state index in [0.29, 0.717) is 23.6 Å². The van der Waals surface area contributed by atoms with Crippen LogP contribution in [-0.4, -0.2) is 52.1 Å². The summed E-state index contributed by atoms with van der Waals surface area (Å²) in [6.07, 6.45) is 3.05. The lowest BCUT2D eigenvalue weighted by molar-refractivity contribution is -0.129. The van der Waals surface area contributed by atoms with Gasteiger partial charge in [-0.15, -0.1) is 0 Å². The van der Waals surface area contributed by atoms with Gasteiger partial charge in [0.2, 0.25) is 25.1 Å². The number of H-pyrrole nitrogens is 1. The Labute approximate surface area is 302 Å². The van der Waals surface area contributed by atoms with Gasteiger partial charge < -0.3 is 31.6 Å². The van der Waals surface area contributed by atoms with Gasteiger partial charge in [0.1, 0.15) is 11.8 Å². The summed E-state index contributed by atoms with van der Waals surface area (Å²) < 4.78 is 14.4. The first-order chi connectivity index (χ1) is 24.6. The average Bonchev–Trinajstić information content (AvgIpc) is 3.53. The maximum absolute atomic E-state index is 14.4. The van der Waals surface area contributed by atoms with Crippen LogP contribution < -0.4 is 21.7 Å². The van der Waals surface area contributed by atoms with Gasteiger partial charge in [-0.25, -0.2) is 0 Å². The summed E-state index contributed by atoms with van der Waals surface area (Å²) in [7, 11) is -4.27. The Bertz CT molecular complexity index is 1970. The van der Waals surface area contributed by atoms with Gasteiger partial charge in [0.05, 0.1) is 6.54 Å². The van der Waals surface area contributed by atoms with E-state index in [1.165, 1.54) is 0 Å². The van der Waals surface area contributed by atoms with Crippen LogP contribution in [0.5, 0.6) is 0 Å². The van der Waals surface area contributed by atoms with Crippen LogP contribution in [0.15, 0.2) is 115 Å². The molecule has 1 heterocycles. The van der Waals surface area contributed by atoms with E-state index in [9.17, 15) is 23.8 Å². The number of fused-ring (bicyclic) bond motifs is 1. The highest BCUT2D eigenvalue weighted by atomic mass is 35.5. The molecular formula is C39H43ClN5O5P. The quantitative estimate of drug-likeness (QED) is 0.0602. The monoisotopic (exact) mass is 727 g/mol. The van der Waals surface area contributed by atoms with Crippen molar-refractivity contribution in [3.05, 3.63) is 137 Å². The zero-order valence-corrected chi connectivity index (χ0v) is 29.8. The van der Waals surface area contributed by atoms with E-state index < -0.39 is 49.0 Å². The fourth-order valence-electron chi connectivity index (χ4n) is 6.13. The first-order valence-corrected chi connectivity index (χ1v) is 19.2. The zero-order chi connectivity index (χ0) is 36.2. The van der Waals surface area contributed by atoms with Crippen LogP contribution in [0.25, 0.3) is 10.9 Å². The topological polar surface area (TPSA) is 166 Å². The predicted octanol–water partition coefficient (Wildman–Crippen LogP) is 6.04. The minimum Gasteiger partial charge on any atom is -0.376 e. The van der Waals surface area contributed by atoms with Crippen molar-refractivity contribution in [2.24, 2.45) is 11.7 Å². The average molecular weight is 728 g/mol. The van der Waals surface area contributed by atoms with Crippen molar-refractivity contribution in [2.45, 2.75) is 43.9 Å². The molecule has 5 rings (SSSR count). The van der Waals surface area contributed by atoms with E-state index in [2.05, 4.69) is 20.9 Å². The van der Waals surface area contributed by atoms with Crippen molar-refractivity contribution in [3.8, 4) is 0 Å². The van der Waals surface area contributed by atoms with Gasteiger partial charge in [-0.1, -0.05) is 96.5 Å². The molecule has 5 aromatic rings. The van der Waals surface area contributed by atoms with E-state index >= 15 is 0 Å². The van der Waals surface area contributed by atoms with Gasteiger partial charge in [-0.3, -0.25) is 18.9 Å². The number of rotatable bonds is 18. The fourth-order valence-corrected chi connectivity index (χ4v) is 8.39. The standard InChI is InChI=1S/C39H43ClN5O5P/c40-31-17-10-18-32(23-31)42-25-36(46)45-37(21-28-13-5-2-6-14-28)51(49,50)26-29(16-9-15-27-11-3-1-4-12-27)39(48)44-35(38(41)47)22-30-24-43-34-20-8-7-19-33(30)34/h1-8,10-14,17-20,23-24,29,35,37,42-43H,9,15-16,21-22,25-26H2,(H2,41,47)(H,44,48)(H,45,46)(H,49,50). The summed E-state index contributed by atoms with van der Waals surface area (Å²) >= 11 is 6.08. The summed E-state index contributed by atoms with van der Waals surface area (Å²) in [6.45, 7) is -0.166. The number of benzene rings is 4. The Balaban J connectivity index is 1.35. The number of carbonyl (C=O) groups is 3. The molecule has 0 saturated heterocycles. The Morgan fingerprint density at radius 2 is 1.53 bits per heavy atom. The van der Waals surface area contributed by atoms with Gasteiger partial charge >= 0.3 is 0 Å². The number of anilines is 1. The number of aryl methyl sites for hydroxylation is 1. The normalized spacial score (nSPS) is 14.2. The molecule has 0 aliphatic rings. The van der Waals surface area contributed by atoms with Crippen molar-refractivity contribution >= 4 is 53.3 Å². The second-order valence-electron chi connectivity index (χ2n) is 12.7. The van der Waals surface area contributed by atoms with E-state index in [1.54, 1.807) is 30.5 Å². The van der Waals surface area contributed by atoms with E-state index in [1.807, 2.05) is 84.9 Å². The molecule has 4 unspecified atom stereocenters. The number of nitrogens with two attached hydrogens (primary N) is 1. The molecule has 7 N–H and O–H groups in total. The van der Waals surface area contributed by atoms with Crippen LogP contribution in [0.4, 0.5) is 5.69 Å². The third-order valence-corrected chi connectivity index (χ3v) is 11.3. The number of amides is 3. The Morgan fingerprint density at radius 3 is 2.24 bits per heavy atom. The lowest BCUT2D eigenvalue weighted by Gasteiger charge is -2.28. The van der Waals surface area contributed by atoms with Crippen LogP contribution in [0.1, 0.15) is 29.5 Å². The number of aromatic nitrogens is 1. The van der Waals surface area contributed by atoms with E-state index in [0.717, 1.165) is 27.6 Å². The van der Waals surface area contributed by atoms with Gasteiger partial charge in [0, 0.05) is 52.7 Å². The molecule has 3 amide bonds. The van der Waals surface area contributed by atoms with Crippen LogP contribution >= 0.6 is 19.0 Å². The zero-order valence-electron chi connectivity index (χ0n) is 28.1. The summed E-state index contributed by atoms with van der Waals surface area (Å²) in [5, 5.41) is 9.96. The van der Waals surface area contributed by atoms with Crippen LogP contribution in [0.2, 0.25) is 5.02 Å². The molecule has 266 valence electrons. The van der Waals surface area contributed by atoms with E-state index in [4.69, 9.17) is 17.3 Å². The highest BCUT2D eigenvalue weighted by Crippen LogP contribution is 2.49. The van der Waals surface area contributed by atoms with Crippen molar-refractivity contribution < 1.29 is 23.8 Å². The Kier molecular flexibility index (Phi) is 13.1. The molecule has 0 spiro atoms. The number of hydrogen-bond donors (Lipinski definition) is 6. The maximum Gasteiger partial charge on any atom is 0.240 e. The molecule has 0 aliphatic heterocycles. The minimum absolute atomic E-state index is 0.0698. The largest absolute Gasteiger partial charge is 0.376 e.